The number of para-hydroxylation sites is 1. The van der Waals surface area contributed by atoms with Crippen molar-refractivity contribution >= 4 is 38.2 Å². The van der Waals surface area contributed by atoms with E-state index >= 15 is 0 Å². The molecule has 0 aliphatic heterocycles. The van der Waals surface area contributed by atoms with Crippen LogP contribution in [0.5, 0.6) is 0 Å². The first-order valence-corrected chi connectivity index (χ1v) is 6.33. The minimum absolute atomic E-state index is 0.933. The lowest BCUT2D eigenvalue weighted by Gasteiger charge is -2.08. The van der Waals surface area contributed by atoms with E-state index in [0.717, 1.165) is 26.8 Å². The summed E-state index contributed by atoms with van der Waals surface area (Å²) >= 11 is 3.41. The molecular weight excluding hydrogens is 290 g/mol. The topological polar surface area (TPSA) is 37.8 Å². The van der Waals surface area contributed by atoms with Crippen molar-refractivity contribution in [1.29, 1.82) is 0 Å². The maximum Gasteiger partial charge on any atom is 0.0936 e. The number of nitrogens with one attached hydrogen (secondary N) is 1. The number of anilines is 2. The Morgan fingerprint density at radius 2 is 1.94 bits per heavy atom. The molecule has 0 amide bonds. The summed E-state index contributed by atoms with van der Waals surface area (Å²) < 4.78 is 0.945. The Morgan fingerprint density at radius 3 is 2.83 bits per heavy atom. The van der Waals surface area contributed by atoms with Crippen molar-refractivity contribution in [1.82, 2.24) is 9.97 Å². The van der Waals surface area contributed by atoms with E-state index in [9.17, 15) is 0 Å². The van der Waals surface area contributed by atoms with Gasteiger partial charge in [-0.3, -0.25) is 9.97 Å². The summed E-state index contributed by atoms with van der Waals surface area (Å²) in [6, 6.07) is 12.0. The summed E-state index contributed by atoms with van der Waals surface area (Å²) in [5.74, 6) is 0. The molecule has 3 nitrogen and oxygen atoms in total. The minimum Gasteiger partial charge on any atom is -0.352 e. The molecule has 2 heterocycles. The van der Waals surface area contributed by atoms with Gasteiger partial charge in [-0.1, -0.05) is 18.2 Å². The SMILES string of the molecule is Brc1cncc(Nc2cccc3cccnc23)c1. The van der Waals surface area contributed by atoms with Crippen molar-refractivity contribution in [3.8, 4) is 0 Å². The lowest BCUT2D eigenvalue weighted by atomic mass is 10.2. The van der Waals surface area contributed by atoms with Crippen molar-refractivity contribution in [2.75, 3.05) is 5.32 Å². The van der Waals surface area contributed by atoms with Gasteiger partial charge in [0, 0.05) is 22.3 Å². The predicted molar refractivity (Wildman–Crippen MR) is 77.0 cm³/mol. The molecule has 3 aromatic rings. The molecule has 4 heteroatoms. The standard InChI is InChI=1S/C14H10BrN3/c15-11-7-12(9-16-8-11)18-13-5-1-3-10-4-2-6-17-14(10)13/h1-9,18H. The first-order chi connectivity index (χ1) is 8.83. The normalized spacial score (nSPS) is 10.5. The molecule has 0 saturated carbocycles. The second kappa shape index (κ2) is 4.74. The van der Waals surface area contributed by atoms with Crippen molar-refractivity contribution in [3.05, 3.63) is 59.5 Å². The average molecular weight is 300 g/mol. The smallest absolute Gasteiger partial charge is 0.0936 e. The lowest BCUT2D eigenvalue weighted by Crippen LogP contribution is -1.93. The van der Waals surface area contributed by atoms with Crippen molar-refractivity contribution < 1.29 is 0 Å². The fourth-order valence-corrected chi connectivity index (χ4v) is 2.21. The van der Waals surface area contributed by atoms with Crippen LogP contribution < -0.4 is 5.32 Å². The van der Waals surface area contributed by atoms with Gasteiger partial charge in [-0.05, 0) is 34.1 Å². The second-order valence-electron chi connectivity index (χ2n) is 3.90. The monoisotopic (exact) mass is 299 g/mol. The molecule has 88 valence electrons. The van der Waals surface area contributed by atoms with Crippen molar-refractivity contribution in [3.63, 3.8) is 0 Å². The number of hydrogen-bond acceptors (Lipinski definition) is 3. The largest absolute Gasteiger partial charge is 0.352 e. The molecule has 0 radical (unpaired) electrons. The molecule has 1 aromatic carbocycles. The maximum absolute atomic E-state index is 4.41. The summed E-state index contributed by atoms with van der Waals surface area (Å²) in [4.78, 5) is 8.54. The van der Waals surface area contributed by atoms with E-state index < -0.39 is 0 Å². The van der Waals surface area contributed by atoms with Crippen molar-refractivity contribution in [2.24, 2.45) is 0 Å². The lowest BCUT2D eigenvalue weighted by molar-refractivity contribution is 1.30. The number of halogens is 1. The molecule has 0 spiro atoms. The predicted octanol–water partition coefficient (Wildman–Crippen LogP) is 4.14. The molecule has 0 atom stereocenters. The molecule has 18 heavy (non-hydrogen) atoms. The molecule has 3 rings (SSSR count). The second-order valence-corrected chi connectivity index (χ2v) is 4.81. The van der Waals surface area contributed by atoms with E-state index in [2.05, 4.69) is 31.2 Å². The van der Waals surface area contributed by atoms with Crippen LogP contribution in [0.2, 0.25) is 0 Å². The molecule has 0 fully saturated rings. The molecule has 0 aliphatic carbocycles. The van der Waals surface area contributed by atoms with Gasteiger partial charge in [0.1, 0.15) is 0 Å². The Balaban J connectivity index is 2.05. The van der Waals surface area contributed by atoms with E-state index in [-0.39, 0.29) is 0 Å². The van der Waals surface area contributed by atoms with E-state index in [1.165, 1.54) is 0 Å². The highest BCUT2D eigenvalue weighted by Gasteiger charge is 2.02. The van der Waals surface area contributed by atoms with Crippen LogP contribution in [0, 0.1) is 0 Å². The molecule has 0 unspecified atom stereocenters. The van der Waals surface area contributed by atoms with Crippen LogP contribution >= 0.6 is 15.9 Å². The highest BCUT2D eigenvalue weighted by atomic mass is 79.9. The van der Waals surface area contributed by atoms with Gasteiger partial charge in [-0.15, -0.1) is 0 Å². The zero-order chi connectivity index (χ0) is 12.4. The van der Waals surface area contributed by atoms with Gasteiger partial charge in [0.2, 0.25) is 0 Å². The fourth-order valence-electron chi connectivity index (χ4n) is 1.84. The summed E-state index contributed by atoms with van der Waals surface area (Å²) in [7, 11) is 0. The van der Waals surface area contributed by atoms with E-state index in [4.69, 9.17) is 0 Å². The first kappa shape index (κ1) is 11.2. The summed E-state index contributed by atoms with van der Waals surface area (Å²) in [6.07, 6.45) is 5.34. The van der Waals surface area contributed by atoms with E-state index in [0.29, 0.717) is 0 Å². The third kappa shape index (κ3) is 2.19. The molecule has 0 aliphatic rings. The van der Waals surface area contributed by atoms with E-state index in [1.54, 1.807) is 18.6 Å². The Labute approximate surface area is 113 Å². The van der Waals surface area contributed by atoms with Gasteiger partial charge in [-0.2, -0.15) is 0 Å². The maximum atomic E-state index is 4.41. The van der Waals surface area contributed by atoms with Gasteiger partial charge in [-0.25, -0.2) is 0 Å². The molecular formula is C14H10BrN3. The zero-order valence-electron chi connectivity index (χ0n) is 9.47. The number of fused-ring (bicyclic) bond motifs is 1. The number of rotatable bonds is 2. The highest BCUT2D eigenvalue weighted by molar-refractivity contribution is 9.10. The summed E-state index contributed by atoms with van der Waals surface area (Å²) in [5.41, 5.74) is 2.87. The Morgan fingerprint density at radius 1 is 1.06 bits per heavy atom. The van der Waals surface area contributed by atoms with Gasteiger partial charge in [0.15, 0.2) is 0 Å². The average Bonchev–Trinajstić information content (AvgIpc) is 2.39. The number of hydrogen-bond donors (Lipinski definition) is 1. The van der Waals surface area contributed by atoms with Gasteiger partial charge < -0.3 is 5.32 Å². The number of pyridine rings is 2. The van der Waals surface area contributed by atoms with Crippen LogP contribution in [0.15, 0.2) is 59.5 Å². The summed E-state index contributed by atoms with van der Waals surface area (Å²) in [5, 5.41) is 4.45. The van der Waals surface area contributed by atoms with Crippen LogP contribution in [0.25, 0.3) is 10.9 Å². The van der Waals surface area contributed by atoms with Crippen LogP contribution in [0.1, 0.15) is 0 Å². The van der Waals surface area contributed by atoms with Gasteiger partial charge >= 0.3 is 0 Å². The Bertz CT molecular complexity index is 692. The quantitative estimate of drug-likeness (QED) is 0.773. The van der Waals surface area contributed by atoms with E-state index in [1.807, 2.05) is 36.4 Å². The minimum atomic E-state index is 0.933. The fraction of sp³-hybridized carbons (Fsp3) is 0. The number of benzene rings is 1. The number of aromatic nitrogens is 2. The third-order valence-corrected chi connectivity index (χ3v) is 3.05. The zero-order valence-corrected chi connectivity index (χ0v) is 11.1. The molecule has 0 bridgehead atoms. The van der Waals surface area contributed by atoms with Crippen LogP contribution in [0.3, 0.4) is 0 Å². The van der Waals surface area contributed by atoms with Crippen LogP contribution in [-0.4, -0.2) is 9.97 Å². The molecule has 2 aromatic heterocycles. The first-order valence-electron chi connectivity index (χ1n) is 5.54. The van der Waals surface area contributed by atoms with Crippen LogP contribution in [0.4, 0.5) is 11.4 Å². The highest BCUT2D eigenvalue weighted by Crippen LogP contribution is 2.25. The van der Waals surface area contributed by atoms with Gasteiger partial charge in [0.25, 0.3) is 0 Å². The third-order valence-electron chi connectivity index (χ3n) is 2.62. The Hall–Kier alpha value is -1.94. The summed E-state index contributed by atoms with van der Waals surface area (Å²) in [6.45, 7) is 0. The van der Waals surface area contributed by atoms with Gasteiger partial charge in [0.05, 0.1) is 23.1 Å². The van der Waals surface area contributed by atoms with Crippen LogP contribution in [-0.2, 0) is 0 Å². The molecule has 0 saturated heterocycles. The molecule has 1 N–H and O–H groups in total. The Kier molecular flexibility index (Phi) is 2.94. The van der Waals surface area contributed by atoms with Crippen molar-refractivity contribution in [2.45, 2.75) is 0 Å². The number of nitrogens with zero attached hydrogens (tertiary/aromatic N) is 2.